The van der Waals surface area contributed by atoms with Crippen LogP contribution >= 0.6 is 0 Å². The fourth-order valence-corrected chi connectivity index (χ4v) is 4.20. The van der Waals surface area contributed by atoms with Crippen LogP contribution in [0, 0.1) is 6.92 Å². The second kappa shape index (κ2) is 6.91. The molecule has 0 N–H and O–H groups in total. The molecule has 0 unspecified atom stereocenters. The quantitative estimate of drug-likeness (QED) is 0.327. The van der Waals surface area contributed by atoms with Gasteiger partial charge in [-0.15, -0.1) is 0 Å². The molecule has 1 aliphatic rings. The summed E-state index contributed by atoms with van der Waals surface area (Å²) in [4.78, 5) is 0. The van der Waals surface area contributed by atoms with Gasteiger partial charge < -0.3 is 13.3 Å². The van der Waals surface area contributed by atoms with Crippen molar-refractivity contribution >= 4 is 18.4 Å². The number of benzene rings is 2. The maximum Gasteiger partial charge on any atom is 0.534 e. The van der Waals surface area contributed by atoms with Crippen LogP contribution in [-0.4, -0.2) is 22.2 Å². The fraction of sp³-hybridized carbons (Fsp3) is 0.400. The molecule has 2 aromatic rings. The van der Waals surface area contributed by atoms with Gasteiger partial charge in [0.15, 0.2) is 0 Å². The summed E-state index contributed by atoms with van der Waals surface area (Å²) < 4.78 is 127. The molecule has 10 heteroatoms. The number of hydrogen-bond donors (Lipinski definition) is 0. The van der Waals surface area contributed by atoms with E-state index in [1.165, 1.54) is 18.2 Å². The van der Waals surface area contributed by atoms with Crippen LogP contribution in [0.5, 0.6) is 17.2 Å². The average Bonchev–Trinajstić information content (AvgIpc) is 2.62. The third-order valence-electron chi connectivity index (χ3n) is 4.03. The number of alkyl halides is 3. The van der Waals surface area contributed by atoms with Gasteiger partial charge in [0, 0.05) is 25.9 Å². The van der Waals surface area contributed by atoms with Crippen molar-refractivity contribution in [3.63, 3.8) is 0 Å². The van der Waals surface area contributed by atoms with E-state index >= 15 is 0 Å². The molecule has 2 aromatic carbocycles. The molecule has 1 aliphatic heterocycles. The Kier molecular flexibility index (Phi) is 3.59. The molecular formula is C20H23F3O5SSi. The maximum absolute atomic E-state index is 13.0. The Hall–Kier alpha value is -2.20. The second-order valence-corrected chi connectivity index (χ2v) is 13.8. The number of fused-ring (bicyclic) bond motifs is 3. The minimum atomic E-state index is -6.11. The highest BCUT2D eigenvalue weighted by Crippen LogP contribution is 2.52. The van der Waals surface area contributed by atoms with E-state index in [1.54, 1.807) is 26.6 Å². The molecule has 0 aromatic heterocycles. The van der Waals surface area contributed by atoms with Crippen molar-refractivity contribution in [3.05, 3.63) is 41.5 Å². The lowest BCUT2D eigenvalue weighted by Gasteiger charge is -2.36. The molecule has 0 spiro atoms. The van der Waals surface area contributed by atoms with Crippen molar-refractivity contribution < 1.29 is 43.2 Å². The zero-order valence-electron chi connectivity index (χ0n) is 22.5. The molecule has 3 rings (SSSR count). The molecule has 5 nitrogen and oxygen atoms in total. The molecule has 0 saturated heterocycles. The average molecular weight is 467 g/mol. The first-order valence-electron chi connectivity index (χ1n) is 11.7. The van der Waals surface area contributed by atoms with Crippen LogP contribution in [0.1, 0.15) is 33.1 Å². The van der Waals surface area contributed by atoms with Crippen LogP contribution in [0.3, 0.4) is 0 Å². The monoisotopic (exact) mass is 466 g/mol. The van der Waals surface area contributed by atoms with E-state index in [2.05, 4.69) is 4.18 Å². The third kappa shape index (κ3) is 4.29. The third-order valence-corrected chi connectivity index (χ3v) is 5.84. The summed E-state index contributed by atoms with van der Waals surface area (Å²) in [6.45, 7) is 0.345. The Morgan fingerprint density at radius 1 is 1.13 bits per heavy atom. The van der Waals surface area contributed by atoms with Gasteiger partial charge in [0.1, 0.15) is 22.8 Å². The molecule has 0 amide bonds. The van der Waals surface area contributed by atoms with E-state index < -0.39 is 54.7 Å². The molecule has 30 heavy (non-hydrogen) atoms. The van der Waals surface area contributed by atoms with E-state index in [1.807, 2.05) is 0 Å². The number of ether oxygens (including phenoxy) is 1. The number of aryl methyl sites for hydroxylation is 1. The second-order valence-electron chi connectivity index (χ2n) is 7.82. The zero-order chi connectivity index (χ0) is 27.7. The minimum absolute atomic E-state index is 0.0667. The normalized spacial score (nSPS) is 19.4. The van der Waals surface area contributed by atoms with Gasteiger partial charge in [0.05, 0.1) is 5.56 Å². The number of halogens is 3. The first kappa shape index (κ1) is 15.6. The van der Waals surface area contributed by atoms with Gasteiger partial charge >= 0.3 is 15.6 Å². The Balaban J connectivity index is 2.44. The van der Waals surface area contributed by atoms with Crippen molar-refractivity contribution in [1.29, 1.82) is 0 Å². The minimum Gasteiger partial charge on any atom is -0.544 e. The predicted octanol–water partition coefficient (Wildman–Crippen LogP) is 5.73. The topological polar surface area (TPSA) is 61.8 Å². The highest BCUT2D eigenvalue weighted by Gasteiger charge is 2.49. The van der Waals surface area contributed by atoms with Crippen LogP contribution in [-0.2, 0) is 15.7 Å². The van der Waals surface area contributed by atoms with Crippen molar-refractivity contribution in [3.8, 4) is 28.4 Å². The summed E-state index contributed by atoms with van der Waals surface area (Å²) in [5.74, 6) is -1.54. The lowest BCUT2D eigenvalue weighted by Crippen LogP contribution is -2.32. The van der Waals surface area contributed by atoms with E-state index in [9.17, 15) is 21.6 Å². The highest BCUT2D eigenvalue weighted by atomic mass is 32.2. The van der Waals surface area contributed by atoms with Crippen molar-refractivity contribution in [2.75, 3.05) is 0 Å². The Bertz CT molecular complexity index is 1290. The largest absolute Gasteiger partial charge is 0.544 e. The molecule has 1 heterocycles. The predicted molar refractivity (Wildman–Crippen MR) is 110 cm³/mol. The van der Waals surface area contributed by atoms with Crippen molar-refractivity contribution in [2.24, 2.45) is 0 Å². The Morgan fingerprint density at radius 3 is 2.37 bits per heavy atom. The highest BCUT2D eigenvalue weighted by molar-refractivity contribution is 7.88. The summed E-state index contributed by atoms with van der Waals surface area (Å²) >= 11 is 0. The van der Waals surface area contributed by atoms with Gasteiger partial charge in [-0.1, -0.05) is 23.8 Å². The van der Waals surface area contributed by atoms with Crippen LogP contribution in [0.15, 0.2) is 30.3 Å². The van der Waals surface area contributed by atoms with Gasteiger partial charge in [-0.3, -0.25) is 0 Å². The molecule has 0 aliphatic carbocycles. The Morgan fingerprint density at radius 2 is 1.80 bits per heavy atom. The van der Waals surface area contributed by atoms with E-state index in [0.29, 0.717) is 11.6 Å². The van der Waals surface area contributed by atoms with Gasteiger partial charge in [-0.25, -0.2) is 0 Å². The van der Waals surface area contributed by atoms with E-state index in [4.69, 9.17) is 17.4 Å². The molecular weight excluding hydrogens is 437 g/mol. The first-order valence-corrected chi connectivity index (χ1v) is 13.5. The van der Waals surface area contributed by atoms with Gasteiger partial charge in [-0.2, -0.15) is 21.6 Å². The lowest BCUT2D eigenvalue weighted by molar-refractivity contribution is -0.0500. The zero-order valence-corrected chi connectivity index (χ0v) is 18.3. The molecule has 0 radical (unpaired) electrons. The van der Waals surface area contributed by atoms with Gasteiger partial charge in [0.2, 0.25) is 8.32 Å². The molecule has 0 bridgehead atoms. The summed E-state index contributed by atoms with van der Waals surface area (Å²) in [5.41, 5.74) is -8.08. The van der Waals surface area contributed by atoms with Crippen LogP contribution in [0.2, 0.25) is 19.6 Å². The van der Waals surface area contributed by atoms with Crippen molar-refractivity contribution in [1.82, 2.24) is 0 Å². The molecule has 0 saturated carbocycles. The summed E-state index contributed by atoms with van der Waals surface area (Å²) in [6, 6.07) is 5.96. The van der Waals surface area contributed by atoms with Gasteiger partial charge in [-0.05, 0) is 45.8 Å². The number of rotatable bonds is 4. The Labute approximate surface area is 183 Å². The van der Waals surface area contributed by atoms with Crippen molar-refractivity contribution in [2.45, 2.75) is 51.4 Å². The molecule has 164 valence electrons. The van der Waals surface area contributed by atoms with Gasteiger partial charge in [0.25, 0.3) is 0 Å². The lowest BCUT2D eigenvalue weighted by atomic mass is 9.85. The fourth-order valence-electron chi connectivity index (χ4n) is 2.94. The van der Waals surface area contributed by atoms with Crippen LogP contribution in [0.25, 0.3) is 11.1 Å². The summed E-state index contributed by atoms with van der Waals surface area (Å²) in [7, 11) is -8.64. The number of hydrogen-bond acceptors (Lipinski definition) is 5. The standard InChI is InChI=1S/C20H23F3O5SSi/c1-12-7-8-15-14(9-12)18-16(26-19(15,2)3)10-13(11-17(18)28-30(4,5)6)27-29(24,25)20(21,22)23/h7-11H,1-6H3/i2D3,3D3. The van der Waals surface area contributed by atoms with E-state index in [0.717, 1.165) is 6.07 Å². The van der Waals surface area contributed by atoms with Crippen LogP contribution in [0.4, 0.5) is 13.2 Å². The van der Waals surface area contributed by atoms with E-state index in [-0.39, 0.29) is 22.4 Å². The molecule has 0 atom stereocenters. The van der Waals surface area contributed by atoms with Crippen LogP contribution < -0.4 is 13.3 Å². The summed E-state index contributed by atoms with van der Waals surface area (Å²) in [5, 5.41) is 0. The maximum atomic E-state index is 13.0. The smallest absolute Gasteiger partial charge is 0.534 e. The first-order chi connectivity index (χ1) is 16.0. The summed E-state index contributed by atoms with van der Waals surface area (Å²) in [6.07, 6.45) is 0. The SMILES string of the molecule is [2H]C([2H])([2H])C1(C([2H])([2H])[2H])Oc2cc(OS(=O)(=O)C(F)(F)F)cc(O[Si](C)(C)C)c2-c2cc(C)ccc21. The molecule has 0 fully saturated rings.